The second kappa shape index (κ2) is 7.77. The summed E-state index contributed by atoms with van der Waals surface area (Å²) in [6.07, 6.45) is 3.55. The fourth-order valence-electron chi connectivity index (χ4n) is 3.22. The first kappa shape index (κ1) is 16.9. The summed E-state index contributed by atoms with van der Waals surface area (Å²) in [7, 11) is 0. The molecule has 0 aliphatic carbocycles. The molecule has 6 heteroatoms. The van der Waals surface area contributed by atoms with Gasteiger partial charge in [0.05, 0.1) is 6.54 Å². The minimum Gasteiger partial charge on any atom is -0.369 e. The predicted molar refractivity (Wildman–Crippen MR) is 94.6 cm³/mol. The zero-order valence-electron chi connectivity index (χ0n) is 14.4. The lowest BCUT2D eigenvalue weighted by molar-refractivity contribution is 0.271. The summed E-state index contributed by atoms with van der Waals surface area (Å²) in [5, 5.41) is 3.43. The Bertz CT molecular complexity index is 635. The lowest BCUT2D eigenvalue weighted by Gasteiger charge is -2.37. The van der Waals surface area contributed by atoms with Gasteiger partial charge in [-0.1, -0.05) is 6.92 Å². The number of nitrogens with zero attached hydrogens (tertiary/aromatic N) is 3. The Balaban J connectivity index is 1.73. The highest BCUT2D eigenvalue weighted by molar-refractivity contribution is 5.55. The maximum atomic E-state index is 13.8. The highest BCUT2D eigenvalue weighted by Gasteiger charge is 2.20. The Morgan fingerprint density at radius 2 is 2.08 bits per heavy atom. The third kappa shape index (κ3) is 3.94. The molecule has 1 aliphatic rings. The van der Waals surface area contributed by atoms with E-state index in [4.69, 9.17) is 0 Å². The molecule has 0 spiro atoms. The van der Waals surface area contributed by atoms with Gasteiger partial charge >= 0.3 is 0 Å². The highest BCUT2D eigenvalue weighted by Crippen LogP contribution is 2.28. The van der Waals surface area contributed by atoms with Crippen LogP contribution in [0.25, 0.3) is 0 Å². The molecule has 5 nitrogen and oxygen atoms in total. The number of imidazole rings is 1. The fraction of sp³-hybridized carbons (Fsp3) is 0.500. The predicted octanol–water partition coefficient (Wildman–Crippen LogP) is 2.54. The van der Waals surface area contributed by atoms with Crippen LogP contribution in [0.2, 0.25) is 0 Å². The summed E-state index contributed by atoms with van der Waals surface area (Å²) < 4.78 is 13.8. The van der Waals surface area contributed by atoms with Crippen molar-refractivity contribution in [2.24, 2.45) is 0 Å². The molecule has 2 N–H and O–H groups in total. The summed E-state index contributed by atoms with van der Waals surface area (Å²) in [5.74, 6) is 0.698. The molecular weight excluding hydrogens is 305 g/mol. The molecule has 2 aromatic rings. The monoisotopic (exact) mass is 331 g/mol. The third-order valence-electron chi connectivity index (χ3n) is 4.75. The first-order valence-electron chi connectivity index (χ1n) is 8.65. The van der Waals surface area contributed by atoms with Crippen LogP contribution in [0.4, 0.5) is 10.1 Å². The highest BCUT2D eigenvalue weighted by atomic mass is 19.1. The topological polar surface area (TPSA) is 47.2 Å². The van der Waals surface area contributed by atoms with E-state index >= 15 is 0 Å². The summed E-state index contributed by atoms with van der Waals surface area (Å²) in [4.78, 5) is 12.1. The molecule has 130 valence electrons. The minimum atomic E-state index is -0.187. The number of aromatic nitrogens is 2. The molecule has 24 heavy (non-hydrogen) atoms. The minimum absolute atomic E-state index is 0.0463. The molecule has 1 saturated heterocycles. The van der Waals surface area contributed by atoms with Crippen molar-refractivity contribution in [1.82, 2.24) is 20.2 Å². The Hall–Kier alpha value is -1.92. The van der Waals surface area contributed by atoms with Crippen molar-refractivity contribution in [3.63, 3.8) is 0 Å². The quantitative estimate of drug-likeness (QED) is 0.854. The number of benzene rings is 1. The Kier molecular flexibility index (Phi) is 5.48. The van der Waals surface area contributed by atoms with Gasteiger partial charge in [0.25, 0.3) is 0 Å². The van der Waals surface area contributed by atoms with E-state index < -0.39 is 0 Å². The van der Waals surface area contributed by atoms with E-state index in [0.29, 0.717) is 6.54 Å². The van der Waals surface area contributed by atoms with Crippen molar-refractivity contribution in [2.45, 2.75) is 26.4 Å². The second-order valence-electron chi connectivity index (χ2n) is 6.26. The van der Waals surface area contributed by atoms with E-state index in [9.17, 15) is 4.39 Å². The fourth-order valence-corrected chi connectivity index (χ4v) is 3.22. The van der Waals surface area contributed by atoms with Crippen LogP contribution in [0, 0.1) is 5.82 Å². The van der Waals surface area contributed by atoms with Crippen LogP contribution in [0.3, 0.4) is 0 Å². The van der Waals surface area contributed by atoms with E-state index in [1.54, 1.807) is 18.3 Å². The summed E-state index contributed by atoms with van der Waals surface area (Å²) in [6, 6.07) is 5.17. The SMILES string of the molecule is CCN1CCN(c2ccc(F)cc2C(C)NCc2ncc[nH]2)CC1. The molecule has 1 aromatic heterocycles. The van der Waals surface area contributed by atoms with E-state index in [1.165, 1.54) is 0 Å². The molecule has 0 amide bonds. The molecule has 1 atom stereocenters. The largest absolute Gasteiger partial charge is 0.369 e. The van der Waals surface area contributed by atoms with E-state index in [0.717, 1.165) is 49.8 Å². The van der Waals surface area contributed by atoms with Gasteiger partial charge in [-0.15, -0.1) is 0 Å². The van der Waals surface area contributed by atoms with Gasteiger partial charge in [0.15, 0.2) is 0 Å². The van der Waals surface area contributed by atoms with Crippen molar-refractivity contribution in [3.8, 4) is 0 Å². The van der Waals surface area contributed by atoms with Crippen molar-refractivity contribution in [3.05, 3.63) is 47.8 Å². The number of rotatable bonds is 6. The second-order valence-corrected chi connectivity index (χ2v) is 6.26. The molecule has 1 aliphatic heterocycles. The standard InChI is InChI=1S/C18H26FN5/c1-3-23-8-10-24(11-9-23)17-5-4-15(19)12-16(17)14(2)22-13-18-20-6-7-21-18/h4-7,12,14,22H,3,8-11,13H2,1-2H3,(H,20,21). The van der Waals surface area contributed by atoms with Gasteiger partial charge in [-0.3, -0.25) is 0 Å². The Morgan fingerprint density at radius 1 is 1.29 bits per heavy atom. The van der Waals surface area contributed by atoms with Crippen LogP contribution in [0.1, 0.15) is 31.3 Å². The van der Waals surface area contributed by atoms with Crippen LogP contribution in [-0.4, -0.2) is 47.6 Å². The van der Waals surface area contributed by atoms with E-state index in [-0.39, 0.29) is 11.9 Å². The van der Waals surface area contributed by atoms with Gasteiger partial charge in [-0.2, -0.15) is 0 Å². The van der Waals surface area contributed by atoms with Crippen molar-refractivity contribution < 1.29 is 4.39 Å². The zero-order chi connectivity index (χ0) is 16.9. The van der Waals surface area contributed by atoms with Gasteiger partial charge < -0.3 is 20.1 Å². The van der Waals surface area contributed by atoms with E-state index in [1.807, 2.05) is 12.3 Å². The maximum Gasteiger partial charge on any atom is 0.123 e. The number of nitrogens with one attached hydrogen (secondary N) is 2. The smallest absolute Gasteiger partial charge is 0.123 e. The number of piperazine rings is 1. The first-order valence-corrected chi connectivity index (χ1v) is 8.65. The van der Waals surface area contributed by atoms with Crippen LogP contribution in [0.5, 0.6) is 0 Å². The molecule has 1 unspecified atom stereocenters. The number of hydrogen-bond donors (Lipinski definition) is 2. The number of anilines is 1. The normalized spacial score (nSPS) is 17.2. The molecule has 0 bridgehead atoms. The molecule has 0 radical (unpaired) electrons. The molecular formula is C18H26FN5. The van der Waals surface area contributed by atoms with Crippen molar-refractivity contribution in [1.29, 1.82) is 0 Å². The average Bonchev–Trinajstić information content (AvgIpc) is 3.13. The van der Waals surface area contributed by atoms with Gasteiger partial charge in [-0.25, -0.2) is 9.37 Å². The van der Waals surface area contributed by atoms with Gasteiger partial charge in [0.2, 0.25) is 0 Å². The maximum absolute atomic E-state index is 13.8. The summed E-state index contributed by atoms with van der Waals surface area (Å²) in [6.45, 7) is 10.1. The average molecular weight is 331 g/mol. The molecule has 1 fully saturated rings. The number of likely N-dealkylation sites (N-methyl/N-ethyl adjacent to an activating group) is 1. The van der Waals surface area contributed by atoms with Crippen LogP contribution in [0.15, 0.2) is 30.6 Å². The molecule has 0 saturated carbocycles. The summed E-state index contributed by atoms with van der Waals surface area (Å²) >= 11 is 0. The van der Waals surface area contributed by atoms with Gasteiger partial charge in [-0.05, 0) is 37.2 Å². The van der Waals surface area contributed by atoms with E-state index in [2.05, 4.69) is 38.9 Å². The van der Waals surface area contributed by atoms with Crippen LogP contribution < -0.4 is 10.2 Å². The molecule has 2 heterocycles. The summed E-state index contributed by atoms with van der Waals surface area (Å²) in [5.41, 5.74) is 2.14. The zero-order valence-corrected chi connectivity index (χ0v) is 14.4. The number of halogens is 1. The molecule has 3 rings (SSSR count). The van der Waals surface area contributed by atoms with Crippen molar-refractivity contribution in [2.75, 3.05) is 37.6 Å². The number of aromatic amines is 1. The Labute approximate surface area is 142 Å². The van der Waals surface area contributed by atoms with Crippen LogP contribution in [-0.2, 0) is 6.54 Å². The van der Waals surface area contributed by atoms with Crippen LogP contribution >= 0.6 is 0 Å². The lowest BCUT2D eigenvalue weighted by Crippen LogP contribution is -2.46. The Morgan fingerprint density at radius 3 is 2.75 bits per heavy atom. The van der Waals surface area contributed by atoms with Gasteiger partial charge in [0, 0.05) is 50.3 Å². The number of H-pyrrole nitrogens is 1. The number of hydrogen-bond acceptors (Lipinski definition) is 4. The first-order chi connectivity index (χ1) is 11.7. The molecule has 1 aromatic carbocycles. The third-order valence-corrected chi connectivity index (χ3v) is 4.75. The lowest BCUT2D eigenvalue weighted by atomic mass is 10.0. The van der Waals surface area contributed by atoms with Gasteiger partial charge in [0.1, 0.15) is 11.6 Å². The van der Waals surface area contributed by atoms with Crippen molar-refractivity contribution >= 4 is 5.69 Å².